The van der Waals surface area contributed by atoms with Gasteiger partial charge in [-0.15, -0.1) is 13.2 Å². The number of ether oxygens (including phenoxy) is 1. The molecule has 0 unspecified atom stereocenters. The van der Waals surface area contributed by atoms with Crippen LogP contribution in [0.15, 0.2) is 40.0 Å². The van der Waals surface area contributed by atoms with Crippen molar-refractivity contribution in [2.75, 3.05) is 5.32 Å². The number of nitrogens with one attached hydrogen (secondary N) is 2. The first kappa shape index (κ1) is 27.4. The van der Waals surface area contributed by atoms with Crippen LogP contribution in [-0.2, 0) is 0 Å². The first-order chi connectivity index (χ1) is 15.2. The third kappa shape index (κ3) is 5.79. The first-order valence-corrected chi connectivity index (χ1v) is 8.81. The SMILES string of the molecule is O=C(NC1=NC(C(F)(F)F)(C(F)(F)F)C(=C(F)C(F)(F)F)S1)Nc1ccc(OC(F)(F)F)cc1. The van der Waals surface area contributed by atoms with Gasteiger partial charge in [-0.05, 0) is 24.3 Å². The van der Waals surface area contributed by atoms with Gasteiger partial charge in [0.05, 0.1) is 4.91 Å². The molecular formula is C15H6F13N3O2S. The van der Waals surface area contributed by atoms with Crippen LogP contribution in [-0.4, -0.2) is 41.6 Å². The molecule has 0 aliphatic carbocycles. The molecule has 19 heteroatoms. The Morgan fingerprint density at radius 2 is 1.35 bits per heavy atom. The molecule has 0 radical (unpaired) electrons. The van der Waals surface area contributed by atoms with E-state index in [-0.39, 0.29) is 5.69 Å². The summed E-state index contributed by atoms with van der Waals surface area (Å²) in [6.45, 7) is 0. The van der Waals surface area contributed by atoms with Crippen LogP contribution in [0.2, 0.25) is 0 Å². The fourth-order valence-corrected chi connectivity index (χ4v) is 3.48. The molecule has 0 bridgehead atoms. The lowest BCUT2D eigenvalue weighted by Crippen LogP contribution is -2.55. The highest BCUT2D eigenvalue weighted by Gasteiger charge is 2.77. The number of benzene rings is 1. The van der Waals surface area contributed by atoms with E-state index in [0.717, 1.165) is 12.1 Å². The fourth-order valence-electron chi connectivity index (χ4n) is 2.33. The van der Waals surface area contributed by atoms with Crippen LogP contribution >= 0.6 is 11.8 Å². The van der Waals surface area contributed by atoms with Gasteiger partial charge in [0, 0.05) is 5.69 Å². The summed E-state index contributed by atoms with van der Waals surface area (Å²) in [5.41, 5.74) is -6.03. The number of thioether (sulfide) groups is 1. The van der Waals surface area contributed by atoms with Gasteiger partial charge in [0.1, 0.15) is 5.75 Å². The summed E-state index contributed by atoms with van der Waals surface area (Å²) in [7, 11) is 0. The Hall–Kier alpha value is -2.86. The molecule has 1 aliphatic heterocycles. The average Bonchev–Trinajstić information content (AvgIpc) is 3.01. The lowest BCUT2D eigenvalue weighted by atomic mass is 9.97. The lowest BCUT2D eigenvalue weighted by molar-refractivity contribution is -0.280. The average molecular weight is 539 g/mol. The minimum Gasteiger partial charge on any atom is -0.406 e. The second kappa shape index (κ2) is 8.73. The maximum atomic E-state index is 13.6. The number of halogens is 13. The highest BCUT2D eigenvalue weighted by atomic mass is 32.2. The quantitative estimate of drug-likeness (QED) is 0.427. The largest absolute Gasteiger partial charge is 0.573 e. The monoisotopic (exact) mass is 539 g/mol. The van der Waals surface area contributed by atoms with E-state index in [2.05, 4.69) is 9.73 Å². The van der Waals surface area contributed by atoms with Gasteiger partial charge in [-0.1, -0.05) is 11.8 Å². The Morgan fingerprint density at radius 1 is 0.853 bits per heavy atom. The van der Waals surface area contributed by atoms with Gasteiger partial charge < -0.3 is 10.1 Å². The standard InChI is InChI=1S/C15H6F13N3O2S/c16-7(12(17,18)19)8-11(13(20,21)22,14(23,24)25)31-10(34-8)30-9(32)29-5-1-3-6(4-2-5)33-15(26,27)28/h1-4H,(H2,29,30,31,32). The predicted octanol–water partition coefficient (Wildman–Crippen LogP) is 6.42. The third-order valence-electron chi connectivity index (χ3n) is 3.63. The Labute approximate surface area is 183 Å². The second-order valence-electron chi connectivity index (χ2n) is 6.02. The number of anilines is 1. The van der Waals surface area contributed by atoms with E-state index in [1.165, 1.54) is 5.32 Å². The number of nitrogens with zero attached hydrogens (tertiary/aromatic N) is 1. The molecule has 2 rings (SSSR count). The Bertz CT molecular complexity index is 977. The summed E-state index contributed by atoms with van der Waals surface area (Å²) in [5.74, 6) is -4.49. The fraction of sp³-hybridized carbons (Fsp3) is 0.333. The van der Waals surface area contributed by atoms with Crippen LogP contribution in [0.5, 0.6) is 5.75 Å². The van der Waals surface area contributed by atoms with Crippen molar-refractivity contribution in [3.8, 4) is 5.75 Å². The summed E-state index contributed by atoms with van der Waals surface area (Å²) in [4.78, 5) is 11.1. The van der Waals surface area contributed by atoms with Gasteiger partial charge in [-0.25, -0.2) is 14.2 Å². The minimum absolute atomic E-state index is 0.370. The number of hydrogen-bond acceptors (Lipinski definition) is 4. The Kier molecular flexibility index (Phi) is 7.03. The van der Waals surface area contributed by atoms with E-state index in [1.54, 1.807) is 5.32 Å². The zero-order chi connectivity index (χ0) is 26.3. The summed E-state index contributed by atoms with van der Waals surface area (Å²) < 4.78 is 171. The maximum absolute atomic E-state index is 13.6. The van der Waals surface area contributed by atoms with Gasteiger partial charge in [-0.2, -0.15) is 39.5 Å². The van der Waals surface area contributed by atoms with Crippen LogP contribution < -0.4 is 15.4 Å². The van der Waals surface area contributed by atoms with Crippen molar-refractivity contribution in [2.24, 2.45) is 4.99 Å². The van der Waals surface area contributed by atoms with Crippen molar-refractivity contribution in [1.29, 1.82) is 0 Å². The van der Waals surface area contributed by atoms with Crippen LogP contribution in [0, 0.1) is 0 Å². The molecule has 190 valence electrons. The number of amidine groups is 1. The van der Waals surface area contributed by atoms with Gasteiger partial charge in [-0.3, -0.25) is 5.32 Å². The van der Waals surface area contributed by atoms with Gasteiger partial charge in [0.2, 0.25) is 5.83 Å². The number of carbonyl (C=O) groups excluding carboxylic acids is 1. The molecule has 1 aromatic rings. The molecule has 0 aromatic heterocycles. The van der Waals surface area contributed by atoms with Crippen molar-refractivity contribution in [2.45, 2.75) is 30.4 Å². The highest BCUT2D eigenvalue weighted by Crippen LogP contribution is 2.59. The van der Waals surface area contributed by atoms with Crippen LogP contribution in [0.3, 0.4) is 0 Å². The summed E-state index contributed by atoms with van der Waals surface area (Å²) in [6, 6.07) is 1.22. The van der Waals surface area contributed by atoms with E-state index < -0.39 is 69.9 Å². The van der Waals surface area contributed by atoms with Crippen molar-refractivity contribution in [3.63, 3.8) is 0 Å². The number of allylic oxidation sites excluding steroid dienone is 1. The summed E-state index contributed by atoms with van der Waals surface area (Å²) in [5, 5.41) is 1.37. The molecule has 5 nitrogen and oxygen atoms in total. The lowest BCUT2D eigenvalue weighted by Gasteiger charge is -2.31. The molecule has 0 atom stereocenters. The molecule has 2 N–H and O–H groups in total. The Balaban J connectivity index is 2.34. The minimum atomic E-state index is -6.61. The van der Waals surface area contributed by atoms with E-state index in [4.69, 9.17) is 0 Å². The topological polar surface area (TPSA) is 62.7 Å². The normalized spacial score (nSPS) is 18.3. The van der Waals surface area contributed by atoms with Crippen molar-refractivity contribution in [3.05, 3.63) is 35.0 Å². The van der Waals surface area contributed by atoms with Gasteiger partial charge in [0.25, 0.3) is 5.54 Å². The molecule has 34 heavy (non-hydrogen) atoms. The Morgan fingerprint density at radius 3 is 1.76 bits per heavy atom. The van der Waals surface area contributed by atoms with Crippen molar-refractivity contribution >= 4 is 28.6 Å². The molecule has 0 fully saturated rings. The number of carbonyl (C=O) groups is 1. The molecular weight excluding hydrogens is 533 g/mol. The van der Waals surface area contributed by atoms with Gasteiger partial charge in [0.15, 0.2) is 5.17 Å². The number of alkyl halides is 12. The molecule has 0 spiro atoms. The molecule has 1 aliphatic rings. The van der Waals surface area contributed by atoms with E-state index in [1.807, 2.05) is 0 Å². The van der Waals surface area contributed by atoms with Crippen molar-refractivity contribution in [1.82, 2.24) is 5.32 Å². The van der Waals surface area contributed by atoms with Crippen LogP contribution in [0.4, 0.5) is 67.6 Å². The van der Waals surface area contributed by atoms with Crippen LogP contribution in [0.1, 0.15) is 0 Å². The number of hydrogen-bond donors (Lipinski definition) is 2. The number of aliphatic imine (C=N–C) groups is 1. The van der Waals surface area contributed by atoms with E-state index in [9.17, 15) is 61.9 Å². The predicted molar refractivity (Wildman–Crippen MR) is 89.3 cm³/mol. The number of rotatable bonds is 2. The number of amides is 2. The zero-order valence-corrected chi connectivity index (χ0v) is 16.2. The second-order valence-corrected chi connectivity index (χ2v) is 7.02. The molecule has 1 heterocycles. The molecule has 2 amide bonds. The summed E-state index contributed by atoms with van der Waals surface area (Å²) in [6.07, 6.45) is -24.5. The van der Waals surface area contributed by atoms with E-state index in [0.29, 0.717) is 12.1 Å². The first-order valence-electron chi connectivity index (χ1n) is 8.00. The molecule has 0 saturated carbocycles. The highest BCUT2D eigenvalue weighted by molar-refractivity contribution is 8.17. The van der Waals surface area contributed by atoms with E-state index >= 15 is 0 Å². The third-order valence-corrected chi connectivity index (χ3v) is 4.70. The molecule has 0 saturated heterocycles. The summed E-state index contributed by atoms with van der Waals surface area (Å²) >= 11 is -1.07. The van der Waals surface area contributed by atoms with Crippen molar-refractivity contribution < 1.29 is 66.6 Å². The van der Waals surface area contributed by atoms with Crippen LogP contribution in [0.25, 0.3) is 0 Å². The maximum Gasteiger partial charge on any atom is 0.573 e. The van der Waals surface area contributed by atoms with Gasteiger partial charge >= 0.3 is 30.9 Å². The molecule has 1 aromatic carbocycles. The smallest absolute Gasteiger partial charge is 0.406 e. The zero-order valence-electron chi connectivity index (χ0n) is 15.4. The number of urea groups is 1.